The van der Waals surface area contributed by atoms with Crippen LogP contribution < -0.4 is 10.1 Å². The number of rotatable bonds is 5. The summed E-state index contributed by atoms with van der Waals surface area (Å²) in [6, 6.07) is 19.2. The van der Waals surface area contributed by atoms with Crippen molar-refractivity contribution < 1.29 is 9.53 Å². The van der Waals surface area contributed by atoms with Gasteiger partial charge in [0.15, 0.2) is 6.10 Å². The summed E-state index contributed by atoms with van der Waals surface area (Å²) in [7, 11) is 0. The molecule has 1 N–H and O–H groups in total. The number of carbonyl (C=O) groups is 1. The summed E-state index contributed by atoms with van der Waals surface area (Å²) in [6.45, 7) is 3.85. The number of hydrogen-bond acceptors (Lipinski definition) is 2. The van der Waals surface area contributed by atoms with Gasteiger partial charge in [-0.3, -0.25) is 4.79 Å². The highest BCUT2D eigenvalue weighted by molar-refractivity contribution is 6.30. The average molecular weight is 354 g/mol. The zero-order chi connectivity index (χ0) is 17.8. The van der Waals surface area contributed by atoms with Gasteiger partial charge in [-0.2, -0.15) is 0 Å². The van der Waals surface area contributed by atoms with Crippen LogP contribution in [0.4, 0.5) is 5.69 Å². The molecular formula is C21H20ClNO2. The molecule has 0 aromatic heterocycles. The minimum atomic E-state index is -0.569. The molecule has 1 amide bonds. The summed E-state index contributed by atoms with van der Waals surface area (Å²) in [5.74, 6) is 0.550. The van der Waals surface area contributed by atoms with Gasteiger partial charge in [-0.15, -0.1) is 0 Å². The molecule has 25 heavy (non-hydrogen) atoms. The SMILES string of the molecule is CCC(Oc1cccc2ccccc12)C(=O)Nc1ccc(Cl)cc1C. The van der Waals surface area contributed by atoms with Gasteiger partial charge in [0.05, 0.1) is 0 Å². The third-order valence-corrected chi connectivity index (χ3v) is 4.36. The van der Waals surface area contributed by atoms with E-state index in [1.54, 1.807) is 12.1 Å². The molecule has 0 aliphatic heterocycles. The van der Waals surface area contributed by atoms with Gasteiger partial charge in [0.1, 0.15) is 5.75 Å². The summed E-state index contributed by atoms with van der Waals surface area (Å²) in [5, 5.41) is 5.67. The fraction of sp³-hybridized carbons (Fsp3) is 0.190. The number of hydrogen-bond donors (Lipinski definition) is 1. The molecule has 0 aliphatic rings. The van der Waals surface area contributed by atoms with Crippen LogP contribution in [0.15, 0.2) is 60.7 Å². The van der Waals surface area contributed by atoms with Crippen molar-refractivity contribution in [1.29, 1.82) is 0 Å². The summed E-state index contributed by atoms with van der Waals surface area (Å²) < 4.78 is 6.04. The smallest absolute Gasteiger partial charge is 0.265 e. The van der Waals surface area contributed by atoms with E-state index < -0.39 is 6.10 Å². The fourth-order valence-corrected chi connectivity index (χ4v) is 2.98. The molecule has 3 aromatic carbocycles. The molecule has 3 aromatic rings. The summed E-state index contributed by atoms with van der Waals surface area (Å²) in [6.07, 6.45) is 0.00250. The van der Waals surface area contributed by atoms with Gasteiger partial charge in [-0.25, -0.2) is 0 Å². The maximum atomic E-state index is 12.7. The van der Waals surface area contributed by atoms with E-state index in [9.17, 15) is 4.79 Å². The van der Waals surface area contributed by atoms with E-state index >= 15 is 0 Å². The summed E-state index contributed by atoms with van der Waals surface area (Å²) >= 11 is 5.97. The molecule has 128 valence electrons. The predicted molar refractivity (Wildman–Crippen MR) is 103 cm³/mol. The van der Waals surface area contributed by atoms with Crippen molar-refractivity contribution in [2.24, 2.45) is 0 Å². The predicted octanol–water partition coefficient (Wildman–Crippen LogP) is 5.60. The van der Waals surface area contributed by atoms with Crippen LogP contribution in [0.2, 0.25) is 5.02 Å². The summed E-state index contributed by atoms with van der Waals surface area (Å²) in [4.78, 5) is 12.7. The molecule has 0 heterocycles. The Hall–Kier alpha value is -2.52. The molecule has 0 saturated carbocycles. The van der Waals surface area contributed by atoms with Gasteiger partial charge in [-0.1, -0.05) is 54.9 Å². The molecule has 0 aliphatic carbocycles. The highest BCUT2D eigenvalue weighted by atomic mass is 35.5. The maximum absolute atomic E-state index is 12.7. The lowest BCUT2D eigenvalue weighted by Gasteiger charge is -2.19. The zero-order valence-corrected chi connectivity index (χ0v) is 15.0. The van der Waals surface area contributed by atoms with Crippen LogP contribution in [0.5, 0.6) is 5.75 Å². The Balaban J connectivity index is 1.80. The topological polar surface area (TPSA) is 38.3 Å². The Morgan fingerprint density at radius 2 is 1.88 bits per heavy atom. The van der Waals surface area contributed by atoms with Crippen LogP contribution in [-0.4, -0.2) is 12.0 Å². The van der Waals surface area contributed by atoms with Gasteiger partial charge in [-0.05, 0) is 48.6 Å². The van der Waals surface area contributed by atoms with Crippen LogP contribution in [0.1, 0.15) is 18.9 Å². The lowest BCUT2D eigenvalue weighted by atomic mass is 10.1. The minimum Gasteiger partial charge on any atom is -0.480 e. The van der Waals surface area contributed by atoms with Crippen molar-refractivity contribution in [2.75, 3.05) is 5.32 Å². The van der Waals surface area contributed by atoms with Crippen LogP contribution >= 0.6 is 11.6 Å². The van der Waals surface area contributed by atoms with Gasteiger partial charge in [0.2, 0.25) is 0 Å². The molecule has 4 heteroatoms. The quantitative estimate of drug-likeness (QED) is 0.648. The first-order valence-corrected chi connectivity index (χ1v) is 8.67. The molecule has 3 rings (SSSR count). The van der Waals surface area contributed by atoms with Crippen LogP contribution in [-0.2, 0) is 4.79 Å². The zero-order valence-electron chi connectivity index (χ0n) is 14.3. The maximum Gasteiger partial charge on any atom is 0.265 e. The normalized spacial score (nSPS) is 12.0. The van der Waals surface area contributed by atoms with Gasteiger partial charge in [0, 0.05) is 16.1 Å². The van der Waals surface area contributed by atoms with E-state index in [-0.39, 0.29) is 5.91 Å². The van der Waals surface area contributed by atoms with Crippen molar-refractivity contribution in [3.8, 4) is 5.75 Å². The van der Waals surface area contributed by atoms with Crippen LogP contribution in [0.25, 0.3) is 10.8 Å². The summed E-state index contributed by atoms with van der Waals surface area (Å²) in [5.41, 5.74) is 1.66. The molecule has 3 nitrogen and oxygen atoms in total. The Labute approximate surface area is 152 Å². The van der Waals surface area contributed by atoms with Crippen molar-refractivity contribution in [3.63, 3.8) is 0 Å². The molecular weight excluding hydrogens is 334 g/mol. The van der Waals surface area contributed by atoms with Crippen molar-refractivity contribution >= 4 is 34.0 Å². The van der Waals surface area contributed by atoms with E-state index in [0.29, 0.717) is 17.2 Å². The molecule has 0 bridgehead atoms. The first-order valence-electron chi connectivity index (χ1n) is 8.30. The number of benzene rings is 3. The largest absolute Gasteiger partial charge is 0.480 e. The molecule has 0 fully saturated rings. The highest BCUT2D eigenvalue weighted by Crippen LogP contribution is 2.27. The average Bonchev–Trinajstić information content (AvgIpc) is 2.62. The monoisotopic (exact) mass is 353 g/mol. The van der Waals surface area contributed by atoms with Gasteiger partial charge in [0.25, 0.3) is 5.91 Å². The molecule has 0 saturated heterocycles. The molecule has 1 atom stereocenters. The Morgan fingerprint density at radius 3 is 2.64 bits per heavy atom. The lowest BCUT2D eigenvalue weighted by Crippen LogP contribution is -2.32. The van der Waals surface area contributed by atoms with Gasteiger partial charge < -0.3 is 10.1 Å². The first-order chi connectivity index (χ1) is 12.1. The van der Waals surface area contributed by atoms with Crippen LogP contribution in [0.3, 0.4) is 0 Å². The van der Waals surface area contributed by atoms with Gasteiger partial charge >= 0.3 is 0 Å². The first kappa shape index (κ1) is 17.3. The molecule has 1 unspecified atom stereocenters. The van der Waals surface area contributed by atoms with E-state index in [2.05, 4.69) is 5.32 Å². The number of amides is 1. The Morgan fingerprint density at radius 1 is 1.12 bits per heavy atom. The van der Waals surface area contributed by atoms with Crippen molar-refractivity contribution in [2.45, 2.75) is 26.4 Å². The van der Waals surface area contributed by atoms with Crippen molar-refractivity contribution in [3.05, 3.63) is 71.2 Å². The van der Waals surface area contributed by atoms with E-state index in [1.807, 2.05) is 62.4 Å². The van der Waals surface area contributed by atoms with Crippen molar-refractivity contribution in [1.82, 2.24) is 0 Å². The fourth-order valence-electron chi connectivity index (χ4n) is 2.75. The lowest BCUT2D eigenvalue weighted by molar-refractivity contribution is -0.122. The molecule has 0 radical (unpaired) electrons. The second kappa shape index (κ2) is 7.58. The van der Waals surface area contributed by atoms with E-state index in [1.165, 1.54) is 0 Å². The number of fused-ring (bicyclic) bond motifs is 1. The number of aryl methyl sites for hydroxylation is 1. The Bertz CT molecular complexity index is 902. The molecule has 0 spiro atoms. The highest BCUT2D eigenvalue weighted by Gasteiger charge is 2.20. The van der Waals surface area contributed by atoms with E-state index in [0.717, 1.165) is 22.0 Å². The standard InChI is InChI=1S/C21H20ClNO2/c1-3-19(21(24)23-18-12-11-16(22)13-14(18)2)25-20-10-6-8-15-7-4-5-9-17(15)20/h4-13,19H,3H2,1-2H3,(H,23,24). The second-order valence-electron chi connectivity index (χ2n) is 5.94. The number of anilines is 1. The number of ether oxygens (including phenoxy) is 1. The Kier molecular flexibility index (Phi) is 5.25. The third-order valence-electron chi connectivity index (χ3n) is 4.13. The number of carbonyl (C=O) groups excluding carboxylic acids is 1. The number of nitrogens with one attached hydrogen (secondary N) is 1. The number of halogens is 1. The van der Waals surface area contributed by atoms with E-state index in [4.69, 9.17) is 16.3 Å². The minimum absolute atomic E-state index is 0.166. The van der Waals surface area contributed by atoms with Crippen LogP contribution in [0, 0.1) is 6.92 Å². The second-order valence-corrected chi connectivity index (χ2v) is 6.38. The third kappa shape index (κ3) is 3.94.